The van der Waals surface area contributed by atoms with Gasteiger partial charge in [-0.3, -0.25) is 4.68 Å². The van der Waals surface area contributed by atoms with Gasteiger partial charge in [0.2, 0.25) is 0 Å². The van der Waals surface area contributed by atoms with Crippen LogP contribution in [0, 0.1) is 0 Å². The molecule has 1 aromatic rings. The number of aryl methyl sites for hydroxylation is 1. The smallest absolute Gasteiger partial charge is 0.341 e. The Kier molecular flexibility index (Phi) is 5.80. The van der Waals surface area contributed by atoms with Crippen molar-refractivity contribution in [2.24, 2.45) is 12.8 Å². The minimum atomic E-state index is -0.561. The Morgan fingerprint density at radius 3 is 2.84 bits per heavy atom. The number of hydrogen-bond acceptors (Lipinski definition) is 5. The molecule has 0 saturated carbocycles. The number of urea groups is 1. The van der Waals surface area contributed by atoms with E-state index in [-0.39, 0.29) is 5.97 Å². The molecule has 19 heavy (non-hydrogen) atoms. The minimum absolute atomic E-state index is 0.323. The molecule has 0 aromatic carbocycles. The topological polar surface area (TPSA) is 111 Å². The van der Waals surface area contributed by atoms with Crippen molar-refractivity contribution >= 4 is 12.0 Å². The van der Waals surface area contributed by atoms with Crippen LogP contribution in [0.3, 0.4) is 0 Å². The summed E-state index contributed by atoms with van der Waals surface area (Å²) in [5.74, 6) is -0.386. The molecule has 0 spiro atoms. The molecule has 0 atom stereocenters. The first kappa shape index (κ1) is 15.0. The summed E-state index contributed by atoms with van der Waals surface area (Å²) < 4.78 is 6.56. The summed E-state index contributed by atoms with van der Waals surface area (Å²) >= 11 is 0. The second-order valence-corrected chi connectivity index (χ2v) is 3.82. The number of ether oxygens (including phenoxy) is 1. The molecule has 1 aromatic heterocycles. The summed E-state index contributed by atoms with van der Waals surface area (Å²) in [4.78, 5) is 22.1. The zero-order valence-corrected chi connectivity index (χ0v) is 11.1. The quantitative estimate of drug-likeness (QED) is 0.450. The SMILES string of the molecule is CCOC(=O)c1cnn(C)c1CNCCNC(N)=O. The van der Waals surface area contributed by atoms with Gasteiger partial charge < -0.3 is 21.1 Å². The summed E-state index contributed by atoms with van der Waals surface area (Å²) in [6, 6.07) is -0.561. The van der Waals surface area contributed by atoms with Gasteiger partial charge in [0.25, 0.3) is 0 Å². The highest BCUT2D eigenvalue weighted by molar-refractivity contribution is 5.90. The number of esters is 1. The van der Waals surface area contributed by atoms with Crippen LogP contribution in [0.2, 0.25) is 0 Å². The standard InChI is InChI=1S/C11H19N5O3/c1-3-19-10(17)8-6-15-16(2)9(8)7-13-4-5-14-11(12)18/h6,13H,3-5,7H2,1-2H3,(H3,12,14,18). The molecule has 8 heteroatoms. The van der Waals surface area contributed by atoms with Crippen LogP contribution >= 0.6 is 0 Å². The van der Waals surface area contributed by atoms with Gasteiger partial charge in [0.15, 0.2) is 0 Å². The molecule has 0 bridgehead atoms. The lowest BCUT2D eigenvalue weighted by Gasteiger charge is -2.08. The summed E-state index contributed by atoms with van der Waals surface area (Å²) in [6.45, 7) is 3.48. The highest BCUT2D eigenvalue weighted by atomic mass is 16.5. The maximum atomic E-state index is 11.7. The van der Waals surface area contributed by atoms with Crippen molar-refractivity contribution in [2.45, 2.75) is 13.5 Å². The van der Waals surface area contributed by atoms with Crippen molar-refractivity contribution in [2.75, 3.05) is 19.7 Å². The van der Waals surface area contributed by atoms with E-state index in [2.05, 4.69) is 15.7 Å². The molecule has 0 aliphatic rings. The van der Waals surface area contributed by atoms with Crippen LogP contribution in [-0.4, -0.2) is 41.5 Å². The molecule has 0 aliphatic carbocycles. The van der Waals surface area contributed by atoms with Crippen molar-refractivity contribution < 1.29 is 14.3 Å². The highest BCUT2D eigenvalue weighted by Gasteiger charge is 2.16. The minimum Gasteiger partial charge on any atom is -0.462 e. The van der Waals surface area contributed by atoms with E-state index in [0.29, 0.717) is 31.8 Å². The zero-order chi connectivity index (χ0) is 14.3. The van der Waals surface area contributed by atoms with Crippen molar-refractivity contribution in [1.82, 2.24) is 20.4 Å². The van der Waals surface area contributed by atoms with Gasteiger partial charge in [-0.05, 0) is 6.92 Å². The van der Waals surface area contributed by atoms with E-state index < -0.39 is 6.03 Å². The van der Waals surface area contributed by atoms with Gasteiger partial charge in [-0.1, -0.05) is 0 Å². The van der Waals surface area contributed by atoms with Crippen molar-refractivity contribution in [3.05, 3.63) is 17.5 Å². The Morgan fingerprint density at radius 1 is 1.47 bits per heavy atom. The molecular formula is C11H19N5O3. The van der Waals surface area contributed by atoms with Crippen molar-refractivity contribution in [1.29, 1.82) is 0 Å². The lowest BCUT2D eigenvalue weighted by atomic mass is 10.2. The predicted molar refractivity (Wildman–Crippen MR) is 68.5 cm³/mol. The Hall–Kier alpha value is -2.09. The molecule has 0 unspecified atom stereocenters. The first-order chi connectivity index (χ1) is 9.06. The van der Waals surface area contributed by atoms with E-state index in [0.717, 1.165) is 5.69 Å². The Bertz CT molecular complexity index is 444. The fourth-order valence-electron chi connectivity index (χ4n) is 1.53. The molecule has 106 valence electrons. The number of primary amides is 1. The fraction of sp³-hybridized carbons (Fsp3) is 0.545. The molecule has 1 heterocycles. The summed E-state index contributed by atoms with van der Waals surface area (Å²) in [6.07, 6.45) is 1.48. The number of rotatable bonds is 7. The molecule has 1 rings (SSSR count). The Morgan fingerprint density at radius 2 is 2.21 bits per heavy atom. The molecule has 0 fully saturated rings. The number of amides is 2. The number of nitrogens with one attached hydrogen (secondary N) is 2. The van der Waals surface area contributed by atoms with Crippen LogP contribution in [0.1, 0.15) is 23.0 Å². The maximum Gasteiger partial charge on any atom is 0.341 e. The van der Waals surface area contributed by atoms with E-state index in [9.17, 15) is 9.59 Å². The molecule has 0 saturated heterocycles. The molecule has 2 amide bonds. The van der Waals surface area contributed by atoms with Crippen LogP contribution in [0.4, 0.5) is 4.79 Å². The second kappa shape index (κ2) is 7.37. The summed E-state index contributed by atoms with van der Waals surface area (Å²) in [7, 11) is 1.75. The highest BCUT2D eigenvalue weighted by Crippen LogP contribution is 2.08. The number of nitrogens with two attached hydrogens (primary N) is 1. The van der Waals surface area contributed by atoms with Crippen LogP contribution in [0.25, 0.3) is 0 Å². The van der Waals surface area contributed by atoms with Crippen LogP contribution in [0.5, 0.6) is 0 Å². The maximum absolute atomic E-state index is 11.7. The normalized spacial score (nSPS) is 10.2. The van der Waals surface area contributed by atoms with Gasteiger partial charge in [0.1, 0.15) is 5.56 Å². The first-order valence-corrected chi connectivity index (χ1v) is 5.98. The van der Waals surface area contributed by atoms with Gasteiger partial charge in [-0.25, -0.2) is 9.59 Å². The Balaban J connectivity index is 2.50. The lowest BCUT2D eigenvalue weighted by molar-refractivity contribution is 0.0524. The third-order valence-corrected chi connectivity index (χ3v) is 2.45. The number of hydrogen-bond donors (Lipinski definition) is 3. The zero-order valence-electron chi connectivity index (χ0n) is 11.1. The average molecular weight is 269 g/mol. The summed E-state index contributed by atoms with van der Waals surface area (Å²) in [5, 5.41) is 9.58. The van der Waals surface area contributed by atoms with E-state index in [4.69, 9.17) is 10.5 Å². The molecule has 0 aliphatic heterocycles. The number of carbonyl (C=O) groups is 2. The van der Waals surface area contributed by atoms with Gasteiger partial charge in [0.05, 0.1) is 18.5 Å². The second-order valence-electron chi connectivity index (χ2n) is 3.82. The number of nitrogens with zero attached hydrogens (tertiary/aromatic N) is 2. The van der Waals surface area contributed by atoms with Gasteiger partial charge in [0, 0.05) is 26.7 Å². The van der Waals surface area contributed by atoms with E-state index in [1.54, 1.807) is 18.7 Å². The largest absolute Gasteiger partial charge is 0.462 e. The van der Waals surface area contributed by atoms with E-state index >= 15 is 0 Å². The van der Waals surface area contributed by atoms with Crippen molar-refractivity contribution in [3.8, 4) is 0 Å². The predicted octanol–water partition coefficient (Wildman–Crippen LogP) is -0.645. The monoisotopic (exact) mass is 269 g/mol. The Labute approximate surface area is 111 Å². The first-order valence-electron chi connectivity index (χ1n) is 5.98. The molecular weight excluding hydrogens is 250 g/mol. The lowest BCUT2D eigenvalue weighted by Crippen LogP contribution is -2.35. The molecule has 0 radical (unpaired) electrons. The number of aromatic nitrogens is 2. The third-order valence-electron chi connectivity index (χ3n) is 2.45. The van der Waals surface area contributed by atoms with Gasteiger partial charge in [-0.15, -0.1) is 0 Å². The van der Waals surface area contributed by atoms with Gasteiger partial charge >= 0.3 is 12.0 Å². The van der Waals surface area contributed by atoms with Crippen LogP contribution in [-0.2, 0) is 18.3 Å². The van der Waals surface area contributed by atoms with Gasteiger partial charge in [-0.2, -0.15) is 5.10 Å². The van der Waals surface area contributed by atoms with Crippen LogP contribution in [0.15, 0.2) is 6.20 Å². The third kappa shape index (κ3) is 4.59. The van der Waals surface area contributed by atoms with E-state index in [1.165, 1.54) is 6.20 Å². The summed E-state index contributed by atoms with van der Waals surface area (Å²) in [5.41, 5.74) is 6.12. The molecule has 4 N–H and O–H groups in total. The average Bonchev–Trinajstić information content (AvgIpc) is 2.70. The fourth-order valence-corrected chi connectivity index (χ4v) is 1.53. The van der Waals surface area contributed by atoms with Crippen molar-refractivity contribution in [3.63, 3.8) is 0 Å². The number of carbonyl (C=O) groups excluding carboxylic acids is 2. The van der Waals surface area contributed by atoms with Crippen LogP contribution < -0.4 is 16.4 Å². The van der Waals surface area contributed by atoms with E-state index in [1.807, 2.05) is 0 Å². The molecule has 8 nitrogen and oxygen atoms in total.